The third-order valence-electron chi connectivity index (χ3n) is 4.82. The van der Waals surface area contributed by atoms with Crippen LogP contribution in [0.3, 0.4) is 0 Å². The zero-order chi connectivity index (χ0) is 21.5. The van der Waals surface area contributed by atoms with Crippen LogP contribution in [0.5, 0.6) is 0 Å². The fourth-order valence-electron chi connectivity index (χ4n) is 3.37. The van der Waals surface area contributed by atoms with Crippen LogP contribution in [-0.4, -0.2) is 19.3 Å². The van der Waals surface area contributed by atoms with Gasteiger partial charge in [0.25, 0.3) is 5.56 Å². The Labute approximate surface area is 183 Å². The molecule has 0 aliphatic carbocycles. The fourth-order valence-corrected chi connectivity index (χ4v) is 3.63. The van der Waals surface area contributed by atoms with Crippen molar-refractivity contribution in [2.75, 3.05) is 0 Å². The molecule has 0 amide bonds. The maximum atomic E-state index is 14.7. The van der Waals surface area contributed by atoms with Crippen molar-refractivity contribution in [1.29, 1.82) is 0 Å². The summed E-state index contributed by atoms with van der Waals surface area (Å²) in [5.74, 6) is -0.809. The highest BCUT2D eigenvalue weighted by molar-refractivity contribution is 9.10. The maximum absolute atomic E-state index is 14.7. The van der Waals surface area contributed by atoms with Crippen LogP contribution in [0.2, 0.25) is 0 Å². The van der Waals surface area contributed by atoms with E-state index in [2.05, 4.69) is 26.0 Å². The predicted molar refractivity (Wildman–Crippen MR) is 118 cm³/mol. The summed E-state index contributed by atoms with van der Waals surface area (Å²) >= 11 is 3.38. The van der Waals surface area contributed by atoms with Gasteiger partial charge < -0.3 is 0 Å². The Bertz CT molecular complexity index is 1490. The molecule has 2 aromatic heterocycles. The zero-order valence-corrected chi connectivity index (χ0v) is 17.4. The summed E-state index contributed by atoms with van der Waals surface area (Å²) in [6.45, 7) is 0. The molecular weight excluding hydrogens is 466 g/mol. The average molecular weight is 479 g/mol. The molecule has 31 heavy (non-hydrogen) atoms. The smallest absolute Gasteiger partial charge is 0.268 e. The largest absolute Gasteiger partial charge is 0.269 e. The second-order valence-corrected chi connectivity index (χ2v) is 7.74. The third-order valence-corrected chi connectivity index (χ3v) is 5.35. The predicted octanol–water partition coefficient (Wildman–Crippen LogP) is 5.28. The molecule has 5 rings (SSSR count). The quantitative estimate of drug-likeness (QED) is 0.354. The first-order valence-corrected chi connectivity index (χ1v) is 10.1. The van der Waals surface area contributed by atoms with Crippen LogP contribution >= 0.6 is 15.9 Å². The van der Waals surface area contributed by atoms with Crippen molar-refractivity contribution < 1.29 is 8.78 Å². The van der Waals surface area contributed by atoms with Crippen LogP contribution in [-0.2, 0) is 0 Å². The van der Waals surface area contributed by atoms with Gasteiger partial charge in [-0.2, -0.15) is 0 Å². The molecule has 0 saturated heterocycles. The zero-order valence-electron chi connectivity index (χ0n) is 15.8. The Hall–Kier alpha value is -3.65. The van der Waals surface area contributed by atoms with Crippen molar-refractivity contribution in [2.24, 2.45) is 0 Å². The SMILES string of the molecule is O=c1c2cn(-c3cccc(F)c3)nc2nc(-c2ccccc2F)n1-c1ccc(Br)cc1. The summed E-state index contributed by atoms with van der Waals surface area (Å²) in [6.07, 6.45) is 1.50. The number of hydrogen-bond donors (Lipinski definition) is 0. The van der Waals surface area contributed by atoms with Crippen LogP contribution in [0, 0.1) is 11.6 Å². The standard InChI is InChI=1S/C23H13BrF2N4O/c24-14-8-10-16(11-9-14)30-22(18-6-1-2-7-20(18)26)27-21-19(23(30)31)13-29(28-21)17-5-3-4-15(25)12-17/h1-13H. The van der Waals surface area contributed by atoms with Crippen molar-refractivity contribution in [2.45, 2.75) is 0 Å². The summed E-state index contributed by atoms with van der Waals surface area (Å²) in [6, 6.07) is 19.0. The van der Waals surface area contributed by atoms with E-state index in [1.807, 2.05) is 0 Å². The van der Waals surface area contributed by atoms with E-state index in [4.69, 9.17) is 0 Å². The summed E-state index contributed by atoms with van der Waals surface area (Å²) in [5.41, 5.74) is 0.873. The highest BCUT2D eigenvalue weighted by Gasteiger charge is 2.19. The number of hydrogen-bond acceptors (Lipinski definition) is 3. The van der Waals surface area contributed by atoms with Crippen molar-refractivity contribution in [1.82, 2.24) is 19.3 Å². The van der Waals surface area contributed by atoms with Gasteiger partial charge in [0.15, 0.2) is 11.5 Å². The first kappa shape index (κ1) is 19.3. The molecule has 152 valence electrons. The summed E-state index contributed by atoms with van der Waals surface area (Å²) in [5, 5.41) is 4.57. The highest BCUT2D eigenvalue weighted by atomic mass is 79.9. The Kier molecular flexibility index (Phi) is 4.71. The Morgan fingerprint density at radius 2 is 1.65 bits per heavy atom. The van der Waals surface area contributed by atoms with Crippen LogP contribution in [0.25, 0.3) is 33.8 Å². The van der Waals surface area contributed by atoms with E-state index in [1.165, 1.54) is 33.6 Å². The van der Waals surface area contributed by atoms with Crippen molar-refractivity contribution in [3.05, 3.63) is 105 Å². The lowest BCUT2D eigenvalue weighted by molar-refractivity contribution is 0.625. The molecule has 0 fully saturated rings. The van der Waals surface area contributed by atoms with Gasteiger partial charge in [-0.25, -0.2) is 18.4 Å². The van der Waals surface area contributed by atoms with Gasteiger partial charge in [-0.05, 0) is 54.6 Å². The Morgan fingerprint density at radius 3 is 2.39 bits per heavy atom. The van der Waals surface area contributed by atoms with E-state index >= 15 is 0 Å². The second-order valence-electron chi connectivity index (χ2n) is 6.82. The number of rotatable bonds is 3. The molecule has 8 heteroatoms. The molecule has 0 saturated carbocycles. The molecule has 0 N–H and O–H groups in total. The molecule has 0 aliphatic heterocycles. The van der Waals surface area contributed by atoms with Gasteiger partial charge in [-0.1, -0.05) is 34.1 Å². The van der Waals surface area contributed by atoms with E-state index in [0.29, 0.717) is 11.4 Å². The highest BCUT2D eigenvalue weighted by Crippen LogP contribution is 2.25. The third kappa shape index (κ3) is 3.44. The maximum Gasteiger partial charge on any atom is 0.269 e. The number of aromatic nitrogens is 4. The number of benzene rings is 3. The van der Waals surface area contributed by atoms with Gasteiger partial charge in [0.2, 0.25) is 0 Å². The van der Waals surface area contributed by atoms with Crippen LogP contribution in [0.1, 0.15) is 0 Å². The molecule has 0 aliphatic rings. The van der Waals surface area contributed by atoms with Gasteiger partial charge >= 0.3 is 0 Å². The molecule has 0 spiro atoms. The summed E-state index contributed by atoms with van der Waals surface area (Å²) < 4.78 is 31.9. The number of halogens is 3. The molecular formula is C23H13BrF2N4O. The molecule has 0 unspecified atom stereocenters. The molecule has 2 heterocycles. The van der Waals surface area contributed by atoms with E-state index in [-0.39, 0.29) is 22.4 Å². The lowest BCUT2D eigenvalue weighted by Gasteiger charge is -2.13. The van der Waals surface area contributed by atoms with Crippen molar-refractivity contribution in [3.63, 3.8) is 0 Å². The van der Waals surface area contributed by atoms with E-state index < -0.39 is 17.2 Å². The summed E-state index contributed by atoms with van der Waals surface area (Å²) in [4.78, 5) is 18.0. The lowest BCUT2D eigenvalue weighted by atomic mass is 10.1. The van der Waals surface area contributed by atoms with E-state index in [0.717, 1.165) is 4.47 Å². The van der Waals surface area contributed by atoms with E-state index in [1.54, 1.807) is 54.6 Å². The van der Waals surface area contributed by atoms with Crippen molar-refractivity contribution >= 4 is 27.0 Å². The molecule has 5 aromatic rings. The summed E-state index contributed by atoms with van der Waals surface area (Å²) in [7, 11) is 0. The number of fused-ring (bicyclic) bond motifs is 1. The second kappa shape index (κ2) is 7.55. The molecule has 3 aromatic carbocycles. The van der Waals surface area contributed by atoms with Gasteiger partial charge in [-0.3, -0.25) is 9.36 Å². The first-order chi connectivity index (χ1) is 15.0. The van der Waals surface area contributed by atoms with Crippen LogP contribution in [0.4, 0.5) is 8.78 Å². The normalized spacial score (nSPS) is 11.2. The van der Waals surface area contributed by atoms with Crippen LogP contribution in [0.15, 0.2) is 88.3 Å². The Morgan fingerprint density at radius 1 is 0.871 bits per heavy atom. The minimum Gasteiger partial charge on any atom is -0.268 e. The molecule has 5 nitrogen and oxygen atoms in total. The van der Waals surface area contributed by atoms with Crippen LogP contribution < -0.4 is 5.56 Å². The monoisotopic (exact) mass is 478 g/mol. The van der Waals surface area contributed by atoms with E-state index in [9.17, 15) is 13.6 Å². The average Bonchev–Trinajstić information content (AvgIpc) is 3.20. The molecule has 0 radical (unpaired) electrons. The fraction of sp³-hybridized carbons (Fsp3) is 0. The van der Waals surface area contributed by atoms with Gasteiger partial charge in [0.1, 0.15) is 17.0 Å². The number of nitrogens with zero attached hydrogens (tertiary/aromatic N) is 4. The first-order valence-electron chi connectivity index (χ1n) is 9.30. The minimum absolute atomic E-state index is 0.127. The molecule has 0 atom stereocenters. The minimum atomic E-state index is -0.510. The van der Waals surface area contributed by atoms with Gasteiger partial charge in [0.05, 0.1) is 16.9 Å². The van der Waals surface area contributed by atoms with Gasteiger partial charge in [-0.15, -0.1) is 5.10 Å². The molecule has 0 bridgehead atoms. The topological polar surface area (TPSA) is 52.7 Å². The van der Waals surface area contributed by atoms with Crippen molar-refractivity contribution in [3.8, 4) is 22.8 Å². The van der Waals surface area contributed by atoms with Gasteiger partial charge in [0, 0.05) is 10.7 Å². The Balaban J connectivity index is 1.83. The lowest BCUT2D eigenvalue weighted by Crippen LogP contribution is -2.21.